The van der Waals surface area contributed by atoms with Gasteiger partial charge in [0.25, 0.3) is 8.32 Å². The fraction of sp³-hybridized carbons (Fsp3) is 0.458. The Morgan fingerprint density at radius 2 is 1.40 bits per heavy atom. The maximum absolute atomic E-state index is 12.2. The predicted molar refractivity (Wildman–Crippen MR) is 126 cm³/mol. The van der Waals surface area contributed by atoms with E-state index in [1.807, 2.05) is 57.2 Å². The van der Waals surface area contributed by atoms with Crippen molar-refractivity contribution in [1.82, 2.24) is 5.32 Å². The van der Waals surface area contributed by atoms with Gasteiger partial charge in [-0.05, 0) is 36.2 Å². The molecular weight excluding hydrogens is 392 g/mol. The summed E-state index contributed by atoms with van der Waals surface area (Å²) in [7, 11) is -2.72. The Bertz CT molecular complexity index is 759. The van der Waals surface area contributed by atoms with Crippen molar-refractivity contribution in [2.75, 3.05) is 13.1 Å². The summed E-state index contributed by atoms with van der Waals surface area (Å²) in [5, 5.41) is 5.03. The van der Waals surface area contributed by atoms with Crippen LogP contribution in [-0.4, -0.2) is 39.2 Å². The van der Waals surface area contributed by atoms with Crippen LogP contribution < -0.4 is 21.4 Å². The van der Waals surface area contributed by atoms with E-state index >= 15 is 0 Å². The average molecular weight is 429 g/mol. The van der Waals surface area contributed by atoms with Crippen LogP contribution in [0.25, 0.3) is 0 Å². The van der Waals surface area contributed by atoms with Crippen LogP contribution in [0.5, 0.6) is 0 Å². The number of nitrogens with two attached hydrogens (primary N) is 1. The minimum absolute atomic E-state index is 0.158. The van der Waals surface area contributed by atoms with Crippen LogP contribution in [0.2, 0.25) is 5.04 Å². The van der Waals surface area contributed by atoms with E-state index in [2.05, 4.69) is 50.4 Å². The summed E-state index contributed by atoms with van der Waals surface area (Å²) in [4.78, 5) is 12.2. The van der Waals surface area contributed by atoms with Crippen LogP contribution in [0.4, 0.5) is 4.79 Å². The van der Waals surface area contributed by atoms with Gasteiger partial charge in [-0.15, -0.1) is 0 Å². The Morgan fingerprint density at radius 3 is 1.77 bits per heavy atom. The smallest absolute Gasteiger partial charge is 0.407 e. The third-order valence-electron chi connectivity index (χ3n) is 4.90. The Kier molecular flexibility index (Phi) is 7.85. The molecule has 0 bridgehead atoms. The van der Waals surface area contributed by atoms with Gasteiger partial charge in [0.05, 0.1) is 6.10 Å². The van der Waals surface area contributed by atoms with Gasteiger partial charge >= 0.3 is 6.09 Å². The first-order valence-electron chi connectivity index (χ1n) is 10.5. The van der Waals surface area contributed by atoms with E-state index < -0.39 is 20.0 Å². The molecule has 0 radical (unpaired) electrons. The number of hydrogen-bond acceptors (Lipinski definition) is 4. The minimum Gasteiger partial charge on any atom is -0.444 e. The molecule has 0 aliphatic heterocycles. The number of ether oxygens (including phenoxy) is 1. The van der Waals surface area contributed by atoms with Gasteiger partial charge in [-0.3, -0.25) is 0 Å². The molecule has 0 spiro atoms. The SMILES string of the molecule is CC(C)(C)OC(=O)NC[C@H](CN)O[Si](c1ccccc1)(c1ccccc1)C(C)(C)C. The molecule has 0 aromatic heterocycles. The predicted octanol–water partition coefficient (Wildman–Crippen LogP) is 3.42. The fourth-order valence-corrected chi connectivity index (χ4v) is 8.32. The van der Waals surface area contributed by atoms with E-state index in [4.69, 9.17) is 14.9 Å². The first kappa shape index (κ1) is 24.1. The van der Waals surface area contributed by atoms with Crippen molar-refractivity contribution >= 4 is 24.8 Å². The van der Waals surface area contributed by atoms with E-state index in [0.29, 0.717) is 6.54 Å². The van der Waals surface area contributed by atoms with Crippen LogP contribution in [0.15, 0.2) is 60.7 Å². The summed E-state index contributed by atoms with van der Waals surface area (Å²) in [6.07, 6.45) is -0.809. The largest absolute Gasteiger partial charge is 0.444 e. The molecule has 0 unspecified atom stereocenters. The zero-order valence-corrected chi connectivity index (χ0v) is 20.1. The number of carbonyl (C=O) groups is 1. The molecule has 0 saturated heterocycles. The number of carbonyl (C=O) groups excluding carboxylic acids is 1. The van der Waals surface area contributed by atoms with E-state index in [-0.39, 0.29) is 17.7 Å². The molecule has 5 nitrogen and oxygen atoms in total. The summed E-state index contributed by atoms with van der Waals surface area (Å²) in [6.45, 7) is 12.7. The third kappa shape index (κ3) is 5.94. The lowest BCUT2D eigenvalue weighted by Gasteiger charge is -2.45. The second kappa shape index (κ2) is 9.77. The number of alkyl carbamates (subject to hydrolysis) is 1. The van der Waals surface area contributed by atoms with Crippen molar-refractivity contribution in [3.63, 3.8) is 0 Å². The Labute approximate surface area is 182 Å². The molecule has 30 heavy (non-hydrogen) atoms. The second-order valence-corrected chi connectivity index (χ2v) is 13.8. The molecule has 0 aliphatic carbocycles. The molecule has 164 valence electrons. The van der Waals surface area contributed by atoms with Crippen molar-refractivity contribution in [2.45, 2.75) is 58.3 Å². The average Bonchev–Trinajstić information content (AvgIpc) is 2.67. The van der Waals surface area contributed by atoms with Crippen LogP contribution in [0, 0.1) is 0 Å². The van der Waals surface area contributed by atoms with Gasteiger partial charge in [0.15, 0.2) is 0 Å². The zero-order chi connectivity index (χ0) is 22.4. The van der Waals surface area contributed by atoms with Crippen molar-refractivity contribution in [3.05, 3.63) is 60.7 Å². The summed E-state index contributed by atoms with van der Waals surface area (Å²) < 4.78 is 12.3. The number of amides is 1. The Morgan fingerprint density at radius 1 is 0.933 bits per heavy atom. The summed E-state index contributed by atoms with van der Waals surface area (Å²) in [6, 6.07) is 20.8. The lowest BCUT2D eigenvalue weighted by Crippen LogP contribution is -2.68. The highest BCUT2D eigenvalue weighted by Gasteiger charge is 2.51. The van der Waals surface area contributed by atoms with Gasteiger partial charge in [0, 0.05) is 13.1 Å². The molecule has 6 heteroatoms. The molecule has 0 heterocycles. The normalized spacial score (nSPS) is 13.6. The van der Waals surface area contributed by atoms with Crippen molar-refractivity contribution in [3.8, 4) is 0 Å². The lowest BCUT2D eigenvalue weighted by molar-refractivity contribution is 0.0500. The zero-order valence-electron chi connectivity index (χ0n) is 19.1. The van der Waals surface area contributed by atoms with E-state index in [1.54, 1.807) is 0 Å². The molecule has 2 rings (SSSR count). The number of hydrogen-bond donors (Lipinski definition) is 2. The molecule has 0 aliphatic rings. The summed E-state index contributed by atoms with van der Waals surface area (Å²) in [5.74, 6) is 0. The van der Waals surface area contributed by atoms with Gasteiger partial charge in [-0.1, -0.05) is 81.4 Å². The number of benzene rings is 2. The highest BCUT2D eigenvalue weighted by atomic mass is 28.4. The maximum atomic E-state index is 12.2. The Hall–Kier alpha value is -2.15. The van der Waals surface area contributed by atoms with Crippen molar-refractivity contribution in [1.29, 1.82) is 0 Å². The second-order valence-electron chi connectivity index (χ2n) is 9.52. The van der Waals surface area contributed by atoms with Gasteiger partial charge in [0.2, 0.25) is 0 Å². The molecule has 1 atom stereocenters. The molecule has 0 fully saturated rings. The van der Waals surface area contributed by atoms with Gasteiger partial charge in [-0.2, -0.15) is 0 Å². The van der Waals surface area contributed by atoms with Gasteiger partial charge in [0.1, 0.15) is 5.60 Å². The first-order valence-corrected chi connectivity index (χ1v) is 12.4. The van der Waals surface area contributed by atoms with E-state index in [0.717, 1.165) is 0 Å². The minimum atomic E-state index is -2.72. The molecule has 0 saturated carbocycles. The maximum Gasteiger partial charge on any atom is 0.407 e. The van der Waals surface area contributed by atoms with Crippen LogP contribution >= 0.6 is 0 Å². The number of nitrogens with one attached hydrogen (secondary N) is 1. The van der Waals surface area contributed by atoms with Gasteiger partial charge < -0.3 is 20.2 Å². The highest BCUT2D eigenvalue weighted by molar-refractivity contribution is 6.99. The van der Waals surface area contributed by atoms with Crippen LogP contribution in [-0.2, 0) is 9.16 Å². The molecule has 3 N–H and O–H groups in total. The third-order valence-corrected chi connectivity index (χ3v) is 9.99. The van der Waals surface area contributed by atoms with Crippen LogP contribution in [0.3, 0.4) is 0 Å². The fourth-order valence-electron chi connectivity index (χ4n) is 3.63. The summed E-state index contributed by atoms with van der Waals surface area (Å²) >= 11 is 0. The molecule has 1 amide bonds. The van der Waals surface area contributed by atoms with Crippen molar-refractivity contribution in [2.24, 2.45) is 5.73 Å². The monoisotopic (exact) mass is 428 g/mol. The summed E-state index contributed by atoms with van der Waals surface area (Å²) in [5.41, 5.74) is 5.54. The number of rotatable bonds is 7. The van der Waals surface area contributed by atoms with Gasteiger partial charge in [-0.25, -0.2) is 4.79 Å². The molecule has 2 aromatic rings. The van der Waals surface area contributed by atoms with Crippen molar-refractivity contribution < 1.29 is 14.0 Å². The van der Waals surface area contributed by atoms with E-state index in [9.17, 15) is 4.79 Å². The van der Waals surface area contributed by atoms with Crippen LogP contribution in [0.1, 0.15) is 41.5 Å². The van der Waals surface area contributed by atoms with E-state index in [1.165, 1.54) is 10.4 Å². The lowest BCUT2D eigenvalue weighted by atomic mass is 10.2. The Balaban J connectivity index is 2.40. The first-order chi connectivity index (χ1) is 14.0. The highest BCUT2D eigenvalue weighted by Crippen LogP contribution is 2.37. The standard InChI is InChI=1S/C24H36N2O3Si/c1-23(2,3)28-22(27)26-18-19(17-25)29-30(24(4,5)6,20-13-9-7-10-14-20)21-15-11-8-12-16-21/h7-16,19H,17-18,25H2,1-6H3,(H,26,27)/t19-/m0/s1. The molecular formula is C24H36N2O3Si. The quantitative estimate of drug-likeness (QED) is 0.663. The molecule has 2 aromatic carbocycles. The topological polar surface area (TPSA) is 73.6 Å².